The van der Waals surface area contributed by atoms with Gasteiger partial charge in [-0.2, -0.15) is 0 Å². The third-order valence-corrected chi connectivity index (χ3v) is 3.31. The second-order valence-electron chi connectivity index (χ2n) is 4.63. The van der Waals surface area contributed by atoms with Gasteiger partial charge in [-0.1, -0.05) is 0 Å². The van der Waals surface area contributed by atoms with Crippen LogP contribution >= 0.6 is 0 Å². The van der Waals surface area contributed by atoms with Crippen molar-refractivity contribution in [2.45, 2.75) is 31.7 Å². The van der Waals surface area contributed by atoms with E-state index in [4.69, 9.17) is 9.47 Å². The summed E-state index contributed by atoms with van der Waals surface area (Å²) in [5.41, 5.74) is -1.10. The highest BCUT2D eigenvalue weighted by atomic mass is 16.5. The summed E-state index contributed by atoms with van der Waals surface area (Å²) >= 11 is 0. The first-order valence-corrected chi connectivity index (χ1v) is 6.13. The van der Waals surface area contributed by atoms with Gasteiger partial charge in [0.1, 0.15) is 12.1 Å². The fourth-order valence-electron chi connectivity index (χ4n) is 2.12. The van der Waals surface area contributed by atoms with Gasteiger partial charge in [0.05, 0.1) is 13.2 Å². The zero-order valence-electron chi connectivity index (χ0n) is 11.0. The molecule has 1 aliphatic rings. The second-order valence-corrected chi connectivity index (χ2v) is 4.63. The highest BCUT2D eigenvalue weighted by molar-refractivity contribution is 5.87. The highest BCUT2D eigenvalue weighted by Gasteiger charge is 2.43. The molecule has 0 aromatic carbocycles. The minimum Gasteiger partial charge on any atom is -0.480 e. The molecule has 1 N–H and O–H groups in total. The summed E-state index contributed by atoms with van der Waals surface area (Å²) in [4.78, 5) is 24.7. The van der Waals surface area contributed by atoms with Crippen LogP contribution in [0.25, 0.3) is 0 Å². The monoisotopic (exact) mass is 259 g/mol. The molecular formula is C12H21NO5. The van der Waals surface area contributed by atoms with Crippen molar-refractivity contribution in [3.8, 4) is 0 Å². The van der Waals surface area contributed by atoms with E-state index < -0.39 is 11.5 Å². The lowest BCUT2D eigenvalue weighted by atomic mass is 9.88. The Kier molecular flexibility index (Phi) is 5.55. The minimum absolute atomic E-state index is 0.0910. The number of amides is 1. The van der Waals surface area contributed by atoms with Gasteiger partial charge in [0.2, 0.25) is 5.91 Å². The molecule has 0 bridgehead atoms. The van der Waals surface area contributed by atoms with Crippen molar-refractivity contribution in [3.63, 3.8) is 0 Å². The van der Waals surface area contributed by atoms with Crippen LogP contribution in [0.4, 0.5) is 0 Å². The summed E-state index contributed by atoms with van der Waals surface area (Å²) in [6, 6.07) is 0. The first kappa shape index (κ1) is 14.9. The second kappa shape index (κ2) is 6.70. The van der Waals surface area contributed by atoms with Crippen LogP contribution in [0.15, 0.2) is 0 Å². The highest BCUT2D eigenvalue weighted by Crippen LogP contribution is 2.28. The quantitative estimate of drug-likeness (QED) is 0.703. The van der Waals surface area contributed by atoms with Gasteiger partial charge in [-0.05, 0) is 26.2 Å². The lowest BCUT2D eigenvalue weighted by molar-refractivity contribution is -0.163. The third-order valence-electron chi connectivity index (χ3n) is 3.31. The number of carboxylic acids is 1. The number of carbonyl (C=O) groups excluding carboxylic acids is 1. The Balaban J connectivity index is 2.55. The molecule has 6 nitrogen and oxygen atoms in total. The van der Waals surface area contributed by atoms with Gasteiger partial charge in [0.15, 0.2) is 0 Å². The zero-order chi connectivity index (χ0) is 13.6. The summed E-state index contributed by atoms with van der Waals surface area (Å²) in [5.74, 6) is -1.22. The number of nitrogens with zero attached hydrogens (tertiary/aromatic N) is 1. The fraction of sp³-hybridized carbons (Fsp3) is 0.833. The lowest BCUT2D eigenvalue weighted by Crippen LogP contribution is -2.58. The molecule has 1 unspecified atom stereocenters. The Morgan fingerprint density at radius 1 is 1.33 bits per heavy atom. The van der Waals surface area contributed by atoms with E-state index in [0.29, 0.717) is 26.2 Å². The smallest absolute Gasteiger partial charge is 0.329 e. The Hall–Kier alpha value is -1.14. The van der Waals surface area contributed by atoms with Crippen molar-refractivity contribution in [2.24, 2.45) is 0 Å². The average Bonchev–Trinajstić information content (AvgIpc) is 2.34. The van der Waals surface area contributed by atoms with Crippen LogP contribution in [0.5, 0.6) is 0 Å². The van der Waals surface area contributed by atoms with Crippen molar-refractivity contribution in [2.75, 3.05) is 33.5 Å². The number of carbonyl (C=O) groups is 2. The molecule has 0 aromatic heterocycles. The number of ether oxygens (including phenoxy) is 2. The van der Waals surface area contributed by atoms with E-state index in [1.165, 1.54) is 4.90 Å². The molecule has 1 aliphatic heterocycles. The van der Waals surface area contributed by atoms with Gasteiger partial charge in [-0.15, -0.1) is 0 Å². The summed E-state index contributed by atoms with van der Waals surface area (Å²) in [6.07, 6.45) is 2.16. The summed E-state index contributed by atoms with van der Waals surface area (Å²) in [6.45, 7) is 2.74. The van der Waals surface area contributed by atoms with Crippen LogP contribution in [0, 0.1) is 0 Å². The molecule has 0 aliphatic carbocycles. The first-order valence-electron chi connectivity index (χ1n) is 6.13. The SMILES string of the molecule is COCCOCC(=O)N1CCCCC1(C)C(=O)O. The van der Waals surface area contributed by atoms with Gasteiger partial charge >= 0.3 is 5.97 Å². The predicted octanol–water partition coefficient (Wildman–Crippen LogP) is 0.505. The van der Waals surface area contributed by atoms with Gasteiger partial charge < -0.3 is 19.5 Å². The van der Waals surface area contributed by atoms with E-state index in [-0.39, 0.29) is 12.5 Å². The van der Waals surface area contributed by atoms with E-state index in [2.05, 4.69) is 0 Å². The Bertz CT molecular complexity index is 307. The van der Waals surface area contributed by atoms with Gasteiger partial charge in [0, 0.05) is 13.7 Å². The van der Waals surface area contributed by atoms with Crippen LogP contribution < -0.4 is 0 Å². The van der Waals surface area contributed by atoms with Crippen LogP contribution in [-0.4, -0.2) is 60.9 Å². The molecule has 1 fully saturated rings. The molecule has 0 aromatic rings. The van der Waals surface area contributed by atoms with Crippen molar-refractivity contribution in [3.05, 3.63) is 0 Å². The first-order chi connectivity index (χ1) is 8.52. The Morgan fingerprint density at radius 2 is 2.06 bits per heavy atom. The molecule has 0 radical (unpaired) electrons. The lowest BCUT2D eigenvalue weighted by Gasteiger charge is -2.41. The van der Waals surface area contributed by atoms with Crippen LogP contribution in [0.2, 0.25) is 0 Å². The maximum Gasteiger partial charge on any atom is 0.329 e. The largest absolute Gasteiger partial charge is 0.480 e. The molecule has 1 rings (SSSR count). The molecule has 1 heterocycles. The molecule has 0 saturated carbocycles. The van der Waals surface area contributed by atoms with Gasteiger partial charge in [0.25, 0.3) is 0 Å². The van der Waals surface area contributed by atoms with Gasteiger partial charge in [-0.25, -0.2) is 4.79 Å². The van der Waals surface area contributed by atoms with Crippen LogP contribution in [0.3, 0.4) is 0 Å². The van der Waals surface area contributed by atoms with Crippen molar-refractivity contribution >= 4 is 11.9 Å². The number of carboxylic acid groups (broad SMARTS) is 1. The van der Waals surface area contributed by atoms with E-state index in [9.17, 15) is 14.7 Å². The van der Waals surface area contributed by atoms with Gasteiger partial charge in [-0.3, -0.25) is 4.79 Å². The zero-order valence-corrected chi connectivity index (χ0v) is 11.0. The molecule has 0 spiro atoms. The number of rotatable bonds is 6. The molecular weight excluding hydrogens is 238 g/mol. The maximum atomic E-state index is 12.0. The molecule has 6 heteroatoms. The van der Waals surface area contributed by atoms with E-state index in [0.717, 1.165) is 12.8 Å². The topological polar surface area (TPSA) is 76.1 Å². The molecule has 18 heavy (non-hydrogen) atoms. The number of hydrogen-bond acceptors (Lipinski definition) is 4. The standard InChI is InChI=1S/C12H21NO5/c1-12(11(15)16)5-3-4-6-13(12)10(14)9-18-8-7-17-2/h3-9H2,1-2H3,(H,15,16). The number of hydrogen-bond donors (Lipinski definition) is 1. The number of piperidine rings is 1. The van der Waals surface area contributed by atoms with Crippen molar-refractivity contribution in [1.82, 2.24) is 4.90 Å². The Labute approximate surface area is 107 Å². The summed E-state index contributed by atoms with van der Waals surface area (Å²) in [7, 11) is 1.55. The normalized spacial score (nSPS) is 24.0. The molecule has 104 valence electrons. The summed E-state index contributed by atoms with van der Waals surface area (Å²) in [5, 5.41) is 9.27. The molecule has 1 amide bonds. The predicted molar refractivity (Wildman–Crippen MR) is 64.3 cm³/mol. The number of methoxy groups -OCH3 is 1. The number of aliphatic carboxylic acids is 1. The summed E-state index contributed by atoms with van der Waals surface area (Å²) < 4.78 is 9.96. The fourth-order valence-corrected chi connectivity index (χ4v) is 2.12. The number of likely N-dealkylation sites (tertiary alicyclic amines) is 1. The van der Waals surface area contributed by atoms with Crippen molar-refractivity contribution < 1.29 is 24.2 Å². The molecule has 1 atom stereocenters. The average molecular weight is 259 g/mol. The minimum atomic E-state index is -1.10. The van der Waals surface area contributed by atoms with Crippen LogP contribution in [-0.2, 0) is 19.1 Å². The Morgan fingerprint density at radius 3 is 2.67 bits per heavy atom. The maximum absolute atomic E-state index is 12.0. The van der Waals surface area contributed by atoms with E-state index >= 15 is 0 Å². The van der Waals surface area contributed by atoms with Crippen molar-refractivity contribution in [1.29, 1.82) is 0 Å². The molecule has 1 saturated heterocycles. The van der Waals surface area contributed by atoms with E-state index in [1.807, 2.05) is 0 Å². The third kappa shape index (κ3) is 3.43. The van der Waals surface area contributed by atoms with Crippen LogP contribution in [0.1, 0.15) is 26.2 Å². The van der Waals surface area contributed by atoms with E-state index in [1.54, 1.807) is 14.0 Å².